The smallest absolute Gasteiger partial charge is 0.0998 e. The topological polar surface area (TPSA) is 23.8 Å². The number of nitriles is 1. The van der Waals surface area contributed by atoms with Gasteiger partial charge in [0, 0.05) is 5.39 Å². The van der Waals surface area contributed by atoms with Crippen molar-refractivity contribution in [3.63, 3.8) is 0 Å². The summed E-state index contributed by atoms with van der Waals surface area (Å²) in [5, 5.41) is 11.5. The lowest BCUT2D eigenvalue weighted by molar-refractivity contribution is 1.48. The van der Waals surface area contributed by atoms with Gasteiger partial charge in [-0.1, -0.05) is 48.5 Å². The van der Waals surface area contributed by atoms with E-state index in [0.717, 1.165) is 10.9 Å². The number of hydrogen-bond acceptors (Lipinski definition) is 1. The largest absolute Gasteiger partial charge is 0.192 e. The van der Waals surface area contributed by atoms with Crippen molar-refractivity contribution < 1.29 is 0 Å². The standard InChI is InChI=1S/C17H9N/c18-10-11-9-16-13-6-2-4-8-15(13)17(16)14-7-3-1-5-12(11)14/h1-9H. The monoisotopic (exact) mass is 227 g/mol. The molecule has 0 saturated heterocycles. The van der Waals surface area contributed by atoms with E-state index < -0.39 is 0 Å². The van der Waals surface area contributed by atoms with E-state index in [9.17, 15) is 5.26 Å². The van der Waals surface area contributed by atoms with Crippen LogP contribution in [0.5, 0.6) is 0 Å². The SMILES string of the molecule is N#Cc1cc2c(c3ccccc13)-c1ccccc1-2. The molecule has 1 aliphatic carbocycles. The van der Waals surface area contributed by atoms with Gasteiger partial charge in [-0.2, -0.15) is 5.26 Å². The summed E-state index contributed by atoms with van der Waals surface area (Å²) in [4.78, 5) is 0. The van der Waals surface area contributed by atoms with E-state index in [1.165, 1.54) is 27.6 Å². The Labute approximate surface area is 105 Å². The molecular weight excluding hydrogens is 218 g/mol. The zero-order valence-corrected chi connectivity index (χ0v) is 9.64. The predicted octanol–water partition coefficient (Wildman–Crippen LogP) is 4.36. The summed E-state index contributed by atoms with van der Waals surface area (Å²) in [5.74, 6) is 0. The average Bonchev–Trinajstić information content (AvgIpc) is 2.42. The van der Waals surface area contributed by atoms with Crippen LogP contribution < -0.4 is 0 Å². The highest BCUT2D eigenvalue weighted by Gasteiger charge is 2.25. The Hall–Kier alpha value is -2.59. The molecule has 1 heteroatoms. The molecule has 0 spiro atoms. The fraction of sp³-hybridized carbons (Fsp3) is 0. The normalized spacial score (nSPS) is 11.3. The molecule has 0 unspecified atom stereocenters. The van der Waals surface area contributed by atoms with Crippen LogP contribution in [0.2, 0.25) is 0 Å². The average molecular weight is 227 g/mol. The van der Waals surface area contributed by atoms with Gasteiger partial charge in [-0.3, -0.25) is 0 Å². The Balaban J connectivity index is 2.19. The molecule has 0 fully saturated rings. The summed E-state index contributed by atoms with van der Waals surface area (Å²) in [6, 6.07) is 20.8. The van der Waals surface area contributed by atoms with E-state index in [1.54, 1.807) is 0 Å². The second-order valence-electron chi connectivity index (χ2n) is 4.55. The number of rotatable bonds is 0. The van der Waals surface area contributed by atoms with Crippen molar-refractivity contribution in [1.82, 2.24) is 0 Å². The van der Waals surface area contributed by atoms with E-state index in [4.69, 9.17) is 0 Å². The van der Waals surface area contributed by atoms with Gasteiger partial charge in [0.25, 0.3) is 0 Å². The maximum atomic E-state index is 9.27. The lowest BCUT2D eigenvalue weighted by Crippen LogP contribution is -2.00. The van der Waals surface area contributed by atoms with Crippen molar-refractivity contribution >= 4 is 10.8 Å². The van der Waals surface area contributed by atoms with Gasteiger partial charge in [-0.15, -0.1) is 0 Å². The van der Waals surface area contributed by atoms with Gasteiger partial charge in [0.2, 0.25) is 0 Å². The first-order chi connectivity index (χ1) is 8.90. The van der Waals surface area contributed by atoms with Crippen LogP contribution in [0, 0.1) is 11.3 Å². The van der Waals surface area contributed by atoms with Crippen molar-refractivity contribution in [2.24, 2.45) is 0 Å². The highest BCUT2D eigenvalue weighted by Crippen LogP contribution is 2.51. The van der Waals surface area contributed by atoms with E-state index in [1.807, 2.05) is 30.3 Å². The van der Waals surface area contributed by atoms with Crippen molar-refractivity contribution in [3.05, 3.63) is 60.2 Å². The molecule has 1 nitrogen and oxygen atoms in total. The van der Waals surface area contributed by atoms with Gasteiger partial charge >= 0.3 is 0 Å². The highest BCUT2D eigenvalue weighted by atomic mass is 14.3. The number of hydrogen-bond donors (Lipinski definition) is 0. The third-order valence-corrected chi connectivity index (χ3v) is 3.65. The van der Waals surface area contributed by atoms with Gasteiger partial charge in [-0.05, 0) is 33.7 Å². The number of nitrogens with zero attached hydrogens (tertiary/aromatic N) is 1. The lowest BCUT2D eigenvalue weighted by atomic mass is 9.77. The third kappa shape index (κ3) is 1.00. The predicted molar refractivity (Wildman–Crippen MR) is 73.1 cm³/mol. The Morgan fingerprint density at radius 3 is 2.17 bits per heavy atom. The molecule has 0 aromatic heterocycles. The Morgan fingerprint density at radius 2 is 1.39 bits per heavy atom. The van der Waals surface area contributed by atoms with Crippen LogP contribution in [-0.4, -0.2) is 0 Å². The first-order valence-electron chi connectivity index (χ1n) is 5.96. The van der Waals surface area contributed by atoms with Crippen molar-refractivity contribution in [1.29, 1.82) is 5.26 Å². The maximum absolute atomic E-state index is 9.27. The molecular formula is C17H9N. The van der Waals surface area contributed by atoms with Crippen molar-refractivity contribution in [2.45, 2.75) is 0 Å². The quantitative estimate of drug-likeness (QED) is 0.438. The summed E-state index contributed by atoms with van der Waals surface area (Å²) in [6.45, 7) is 0. The van der Waals surface area contributed by atoms with Gasteiger partial charge in [-0.25, -0.2) is 0 Å². The van der Waals surface area contributed by atoms with Gasteiger partial charge < -0.3 is 0 Å². The number of benzene rings is 3. The lowest BCUT2D eigenvalue weighted by Gasteiger charge is -2.26. The fourth-order valence-corrected chi connectivity index (χ4v) is 2.84. The minimum Gasteiger partial charge on any atom is -0.192 e. The third-order valence-electron chi connectivity index (χ3n) is 3.65. The summed E-state index contributed by atoms with van der Waals surface area (Å²) in [7, 11) is 0. The molecule has 0 amide bonds. The Morgan fingerprint density at radius 1 is 0.722 bits per heavy atom. The summed E-state index contributed by atoms with van der Waals surface area (Å²) in [5.41, 5.74) is 5.82. The van der Waals surface area contributed by atoms with Gasteiger partial charge in [0.05, 0.1) is 11.6 Å². The first kappa shape index (κ1) is 9.44. The fourth-order valence-electron chi connectivity index (χ4n) is 2.84. The molecule has 3 aromatic rings. The van der Waals surface area contributed by atoms with E-state index in [0.29, 0.717) is 0 Å². The molecule has 0 atom stereocenters. The van der Waals surface area contributed by atoms with E-state index in [2.05, 4.69) is 30.3 Å². The van der Waals surface area contributed by atoms with Crippen LogP contribution in [-0.2, 0) is 0 Å². The molecule has 0 aliphatic heterocycles. The van der Waals surface area contributed by atoms with E-state index >= 15 is 0 Å². The van der Waals surface area contributed by atoms with E-state index in [-0.39, 0.29) is 0 Å². The highest BCUT2D eigenvalue weighted by molar-refractivity contribution is 6.15. The van der Waals surface area contributed by atoms with Gasteiger partial charge in [0.1, 0.15) is 0 Å². The summed E-state index contributed by atoms with van der Waals surface area (Å²) >= 11 is 0. The van der Waals surface area contributed by atoms with Crippen molar-refractivity contribution in [2.75, 3.05) is 0 Å². The maximum Gasteiger partial charge on any atom is 0.0998 e. The molecule has 4 rings (SSSR count). The molecule has 0 radical (unpaired) electrons. The molecule has 0 heterocycles. The Kier molecular flexibility index (Phi) is 1.68. The molecule has 18 heavy (non-hydrogen) atoms. The molecule has 3 aromatic carbocycles. The summed E-state index contributed by atoms with van der Waals surface area (Å²) in [6.07, 6.45) is 0. The minimum atomic E-state index is 0.763. The number of fused-ring (bicyclic) bond motifs is 6. The first-order valence-corrected chi connectivity index (χ1v) is 5.96. The molecule has 0 N–H and O–H groups in total. The molecule has 82 valence electrons. The second-order valence-corrected chi connectivity index (χ2v) is 4.55. The molecule has 0 saturated carbocycles. The molecule has 1 aliphatic rings. The van der Waals surface area contributed by atoms with Crippen LogP contribution in [0.15, 0.2) is 54.6 Å². The van der Waals surface area contributed by atoms with Crippen LogP contribution in [0.25, 0.3) is 33.0 Å². The van der Waals surface area contributed by atoms with Crippen LogP contribution >= 0.6 is 0 Å². The molecule has 0 bridgehead atoms. The van der Waals surface area contributed by atoms with Gasteiger partial charge in [0.15, 0.2) is 0 Å². The minimum absolute atomic E-state index is 0.763. The second kappa shape index (κ2) is 3.21. The zero-order valence-electron chi connectivity index (χ0n) is 9.64. The summed E-state index contributed by atoms with van der Waals surface area (Å²) < 4.78 is 0. The van der Waals surface area contributed by atoms with Crippen LogP contribution in [0.1, 0.15) is 5.56 Å². The van der Waals surface area contributed by atoms with Crippen molar-refractivity contribution in [3.8, 4) is 28.3 Å². The van der Waals surface area contributed by atoms with Crippen LogP contribution in [0.4, 0.5) is 0 Å². The van der Waals surface area contributed by atoms with Crippen LogP contribution in [0.3, 0.4) is 0 Å². The Bertz CT molecular complexity index is 838. The zero-order chi connectivity index (χ0) is 12.1.